The molecule has 1 N–H and O–H groups in total. The van der Waals surface area contributed by atoms with Gasteiger partial charge in [0, 0.05) is 11.3 Å². The number of aliphatic hydroxyl groups excluding tert-OH is 1. The highest BCUT2D eigenvalue weighted by molar-refractivity contribution is 6.51. The van der Waals surface area contributed by atoms with Gasteiger partial charge in [-0.15, -0.1) is 0 Å². The van der Waals surface area contributed by atoms with Crippen molar-refractivity contribution < 1.29 is 19.4 Å². The average Bonchev–Trinajstić information content (AvgIpc) is 3.14. The summed E-state index contributed by atoms with van der Waals surface area (Å²) in [5.41, 5.74) is 2.87. The Bertz CT molecular complexity index is 1440. The number of aryl methyl sites for hydroxylation is 1. The Labute approximate surface area is 197 Å². The van der Waals surface area contributed by atoms with E-state index >= 15 is 0 Å². The van der Waals surface area contributed by atoms with Gasteiger partial charge in [0.2, 0.25) is 0 Å². The van der Waals surface area contributed by atoms with Crippen LogP contribution in [0.3, 0.4) is 0 Å². The molecule has 1 aliphatic rings. The van der Waals surface area contributed by atoms with Gasteiger partial charge in [-0.2, -0.15) is 0 Å². The predicted molar refractivity (Wildman–Crippen MR) is 133 cm³/mol. The Hall–Kier alpha value is -4.38. The first kappa shape index (κ1) is 21.5. The molecule has 4 aromatic carbocycles. The molecule has 0 bridgehead atoms. The molecule has 1 amide bonds. The van der Waals surface area contributed by atoms with Crippen LogP contribution in [0.25, 0.3) is 16.5 Å². The van der Waals surface area contributed by atoms with Gasteiger partial charge in [0.15, 0.2) is 0 Å². The van der Waals surface area contributed by atoms with E-state index in [1.807, 2.05) is 79.7 Å². The first-order valence-corrected chi connectivity index (χ1v) is 11.0. The zero-order valence-electron chi connectivity index (χ0n) is 18.9. The summed E-state index contributed by atoms with van der Waals surface area (Å²) in [6.07, 6.45) is 0. The highest BCUT2D eigenvalue weighted by atomic mass is 16.5. The summed E-state index contributed by atoms with van der Waals surface area (Å²) in [6, 6.07) is 27.1. The number of rotatable bonds is 4. The van der Waals surface area contributed by atoms with E-state index in [4.69, 9.17) is 4.74 Å². The summed E-state index contributed by atoms with van der Waals surface area (Å²) in [5.74, 6) is -0.927. The molecule has 5 heteroatoms. The zero-order valence-corrected chi connectivity index (χ0v) is 18.9. The zero-order chi connectivity index (χ0) is 23.8. The fraction of sp³-hybridized carbons (Fsp3) is 0.103. The van der Waals surface area contributed by atoms with E-state index in [-0.39, 0.29) is 11.3 Å². The highest BCUT2D eigenvalue weighted by Gasteiger charge is 2.46. The number of carbonyl (C=O) groups is 2. The number of carbonyl (C=O) groups excluding carboxylic acids is 2. The van der Waals surface area contributed by atoms with Crippen LogP contribution in [0.15, 0.2) is 96.6 Å². The molecular formula is C29H23NO4. The Morgan fingerprint density at radius 1 is 0.853 bits per heavy atom. The Morgan fingerprint density at radius 3 is 2.21 bits per heavy atom. The Kier molecular flexibility index (Phi) is 5.38. The van der Waals surface area contributed by atoms with Crippen molar-refractivity contribution in [3.05, 3.63) is 113 Å². The first-order valence-electron chi connectivity index (χ1n) is 11.0. The van der Waals surface area contributed by atoms with Crippen LogP contribution in [-0.2, 0) is 9.59 Å². The normalized spacial score (nSPS) is 17.4. The van der Waals surface area contributed by atoms with Gasteiger partial charge in [-0.05, 0) is 53.6 Å². The summed E-state index contributed by atoms with van der Waals surface area (Å²) in [6.45, 7) is 1.96. The SMILES string of the molecule is COc1ccc(C2/C(=C(/O)c3ccc4ccccc4c3)C(=O)C(=O)N2c2ccc(C)cc2)cc1. The minimum absolute atomic E-state index is 0.0611. The second-order valence-corrected chi connectivity index (χ2v) is 8.34. The van der Waals surface area contributed by atoms with E-state index in [0.717, 1.165) is 16.3 Å². The molecule has 0 saturated carbocycles. The van der Waals surface area contributed by atoms with Crippen molar-refractivity contribution in [3.8, 4) is 5.75 Å². The number of fused-ring (bicyclic) bond motifs is 1. The van der Waals surface area contributed by atoms with E-state index in [9.17, 15) is 14.7 Å². The molecule has 1 aliphatic heterocycles. The minimum Gasteiger partial charge on any atom is -0.507 e. The molecule has 0 aliphatic carbocycles. The lowest BCUT2D eigenvalue weighted by atomic mass is 9.94. The van der Waals surface area contributed by atoms with Gasteiger partial charge in [0.25, 0.3) is 11.7 Å². The van der Waals surface area contributed by atoms with Crippen LogP contribution in [0.1, 0.15) is 22.7 Å². The second-order valence-electron chi connectivity index (χ2n) is 8.34. The molecule has 34 heavy (non-hydrogen) atoms. The molecule has 0 aromatic heterocycles. The smallest absolute Gasteiger partial charge is 0.300 e. The molecule has 1 saturated heterocycles. The molecular weight excluding hydrogens is 426 g/mol. The largest absolute Gasteiger partial charge is 0.507 e. The van der Waals surface area contributed by atoms with Crippen LogP contribution in [-0.4, -0.2) is 23.9 Å². The minimum atomic E-state index is -0.778. The van der Waals surface area contributed by atoms with Crippen LogP contribution in [0.5, 0.6) is 5.75 Å². The van der Waals surface area contributed by atoms with Crippen molar-refractivity contribution in [3.63, 3.8) is 0 Å². The predicted octanol–water partition coefficient (Wildman–Crippen LogP) is 5.78. The summed E-state index contributed by atoms with van der Waals surface area (Å²) < 4.78 is 5.27. The lowest BCUT2D eigenvalue weighted by Gasteiger charge is -2.25. The van der Waals surface area contributed by atoms with Crippen LogP contribution >= 0.6 is 0 Å². The maximum Gasteiger partial charge on any atom is 0.300 e. The van der Waals surface area contributed by atoms with Crippen LogP contribution in [0.2, 0.25) is 0 Å². The summed E-state index contributed by atoms with van der Waals surface area (Å²) in [7, 11) is 1.58. The van der Waals surface area contributed by atoms with Crippen molar-refractivity contribution in [2.75, 3.05) is 12.0 Å². The summed E-state index contributed by atoms with van der Waals surface area (Å²) in [4.78, 5) is 28.0. The molecule has 0 spiro atoms. The van der Waals surface area contributed by atoms with Gasteiger partial charge in [-0.1, -0.05) is 66.2 Å². The molecule has 168 valence electrons. The third kappa shape index (κ3) is 3.61. The van der Waals surface area contributed by atoms with E-state index in [1.165, 1.54) is 4.90 Å². The van der Waals surface area contributed by atoms with Crippen molar-refractivity contribution in [1.82, 2.24) is 0 Å². The molecule has 5 nitrogen and oxygen atoms in total. The lowest BCUT2D eigenvalue weighted by molar-refractivity contribution is -0.132. The van der Waals surface area contributed by atoms with Crippen molar-refractivity contribution >= 4 is 33.9 Å². The molecule has 1 atom stereocenters. The number of nitrogens with zero attached hydrogens (tertiary/aromatic N) is 1. The number of ketones is 1. The quantitative estimate of drug-likeness (QED) is 0.244. The Morgan fingerprint density at radius 2 is 1.53 bits per heavy atom. The topological polar surface area (TPSA) is 66.8 Å². The third-order valence-corrected chi connectivity index (χ3v) is 6.21. The van der Waals surface area contributed by atoms with Gasteiger partial charge in [0.1, 0.15) is 11.5 Å². The number of amides is 1. The van der Waals surface area contributed by atoms with Gasteiger partial charge < -0.3 is 9.84 Å². The molecule has 4 aromatic rings. The van der Waals surface area contributed by atoms with E-state index in [0.29, 0.717) is 22.6 Å². The lowest BCUT2D eigenvalue weighted by Crippen LogP contribution is -2.29. The van der Waals surface area contributed by atoms with Gasteiger partial charge in [-0.3, -0.25) is 14.5 Å². The number of hydrogen-bond donors (Lipinski definition) is 1. The maximum absolute atomic E-state index is 13.3. The van der Waals surface area contributed by atoms with Crippen molar-refractivity contribution in [2.45, 2.75) is 13.0 Å². The van der Waals surface area contributed by atoms with Crippen LogP contribution < -0.4 is 9.64 Å². The molecule has 1 heterocycles. The monoisotopic (exact) mass is 449 g/mol. The molecule has 1 unspecified atom stereocenters. The summed E-state index contributed by atoms with van der Waals surface area (Å²) in [5, 5.41) is 13.3. The van der Waals surface area contributed by atoms with E-state index in [1.54, 1.807) is 25.3 Å². The van der Waals surface area contributed by atoms with Crippen LogP contribution in [0, 0.1) is 6.92 Å². The molecule has 0 radical (unpaired) electrons. The maximum atomic E-state index is 13.3. The number of methoxy groups -OCH3 is 1. The van der Waals surface area contributed by atoms with Gasteiger partial charge in [0.05, 0.1) is 18.7 Å². The van der Waals surface area contributed by atoms with E-state index < -0.39 is 17.7 Å². The average molecular weight is 450 g/mol. The number of anilines is 1. The third-order valence-electron chi connectivity index (χ3n) is 6.21. The highest BCUT2D eigenvalue weighted by Crippen LogP contribution is 2.42. The van der Waals surface area contributed by atoms with E-state index in [2.05, 4.69) is 0 Å². The number of benzene rings is 4. The van der Waals surface area contributed by atoms with Gasteiger partial charge in [-0.25, -0.2) is 0 Å². The number of ether oxygens (including phenoxy) is 1. The fourth-order valence-corrected chi connectivity index (χ4v) is 4.40. The number of aliphatic hydroxyl groups is 1. The van der Waals surface area contributed by atoms with Gasteiger partial charge >= 0.3 is 0 Å². The second kappa shape index (κ2) is 8.52. The standard InChI is InChI=1S/C29H23NO4/c1-18-7-13-23(14-8-18)30-26(20-11-15-24(34-2)16-12-20)25(28(32)29(30)33)27(31)22-10-9-19-5-3-4-6-21(19)17-22/h3-17,26,31H,1-2H3/b27-25-. The van der Waals surface area contributed by atoms with Crippen molar-refractivity contribution in [2.24, 2.45) is 0 Å². The number of Topliss-reactive ketones (excluding diaryl/α,β-unsaturated/α-hetero) is 1. The van der Waals surface area contributed by atoms with Crippen molar-refractivity contribution in [1.29, 1.82) is 0 Å². The van der Waals surface area contributed by atoms with Crippen LogP contribution in [0.4, 0.5) is 5.69 Å². The number of hydrogen-bond acceptors (Lipinski definition) is 4. The molecule has 5 rings (SSSR count). The summed E-state index contributed by atoms with van der Waals surface area (Å²) >= 11 is 0. The molecule has 1 fully saturated rings. The first-order chi connectivity index (χ1) is 16.5. The Balaban J connectivity index is 1.71. The fourth-order valence-electron chi connectivity index (χ4n) is 4.40.